The Bertz CT molecular complexity index is 410. The minimum absolute atomic E-state index is 0.0562. The van der Waals surface area contributed by atoms with Crippen LogP contribution < -0.4 is 19.5 Å². The Morgan fingerprint density at radius 1 is 1.41 bits per heavy atom. The third kappa shape index (κ3) is 3.26. The van der Waals surface area contributed by atoms with E-state index in [4.69, 9.17) is 14.2 Å². The normalized spacial score (nSPS) is 12.3. The summed E-state index contributed by atoms with van der Waals surface area (Å²) >= 11 is 3.06. The van der Waals surface area contributed by atoms with Crippen molar-refractivity contribution in [3.63, 3.8) is 0 Å². The van der Waals surface area contributed by atoms with Gasteiger partial charge in [-0.1, -0.05) is 15.9 Å². The van der Waals surface area contributed by atoms with Crippen molar-refractivity contribution in [1.82, 2.24) is 5.32 Å². The summed E-state index contributed by atoms with van der Waals surface area (Å²) in [6.45, 7) is 1.14. The van der Waals surface area contributed by atoms with Gasteiger partial charge in [0.2, 0.25) is 12.7 Å². The van der Waals surface area contributed by atoms with Crippen LogP contribution in [0.25, 0.3) is 0 Å². The largest absolute Gasteiger partial charge is 0.492 e. The average Bonchev–Trinajstić information content (AvgIpc) is 2.81. The molecule has 0 saturated heterocycles. The van der Waals surface area contributed by atoms with Gasteiger partial charge >= 0.3 is 0 Å². The first-order valence-corrected chi connectivity index (χ1v) is 6.27. The molecule has 1 aliphatic heterocycles. The highest BCUT2D eigenvalue weighted by molar-refractivity contribution is 9.09. The van der Waals surface area contributed by atoms with Crippen molar-refractivity contribution in [3.8, 4) is 17.2 Å². The summed E-state index contributed by atoms with van der Waals surface area (Å²) < 4.78 is 15.9. The number of hydrogen-bond donors (Lipinski definition) is 1. The van der Waals surface area contributed by atoms with Crippen LogP contribution in [0, 0.1) is 0 Å². The molecule has 1 aromatic carbocycles. The molecule has 0 unspecified atom stereocenters. The molecule has 1 aliphatic rings. The zero-order chi connectivity index (χ0) is 12.1. The van der Waals surface area contributed by atoms with E-state index < -0.39 is 0 Å². The lowest BCUT2D eigenvalue weighted by atomic mass is 10.3. The van der Waals surface area contributed by atoms with Crippen molar-refractivity contribution < 1.29 is 19.0 Å². The van der Waals surface area contributed by atoms with Crippen LogP contribution in [-0.4, -0.2) is 31.2 Å². The summed E-state index contributed by atoms with van der Waals surface area (Å²) in [5.74, 6) is 2.05. The molecule has 5 nitrogen and oxygen atoms in total. The second-order valence-electron chi connectivity index (χ2n) is 3.35. The summed E-state index contributed by atoms with van der Waals surface area (Å²) in [5.41, 5.74) is 0. The number of halogens is 1. The number of nitrogens with one attached hydrogen (secondary N) is 1. The molecule has 1 amide bonds. The van der Waals surface area contributed by atoms with Gasteiger partial charge in [0.1, 0.15) is 12.4 Å². The molecule has 0 aromatic heterocycles. The third-order valence-electron chi connectivity index (χ3n) is 2.16. The van der Waals surface area contributed by atoms with E-state index in [1.807, 2.05) is 0 Å². The van der Waals surface area contributed by atoms with Crippen molar-refractivity contribution >= 4 is 21.8 Å². The van der Waals surface area contributed by atoms with Gasteiger partial charge in [0.05, 0.1) is 11.9 Å². The van der Waals surface area contributed by atoms with Crippen molar-refractivity contribution in [1.29, 1.82) is 0 Å². The Morgan fingerprint density at radius 2 is 2.24 bits per heavy atom. The summed E-state index contributed by atoms with van der Waals surface area (Å²) in [5, 5.41) is 2.99. The standard InChI is InChI=1S/C11H12BrNO4/c12-6-11(14)13-3-4-15-8-1-2-9-10(5-8)17-7-16-9/h1-2,5H,3-4,6-7H2,(H,13,14). The minimum atomic E-state index is -0.0562. The van der Waals surface area contributed by atoms with Gasteiger partial charge in [-0.05, 0) is 12.1 Å². The minimum Gasteiger partial charge on any atom is -0.492 e. The Hall–Kier alpha value is -1.43. The zero-order valence-corrected chi connectivity index (χ0v) is 10.7. The number of carbonyl (C=O) groups is 1. The number of rotatable bonds is 5. The number of hydrogen-bond acceptors (Lipinski definition) is 4. The van der Waals surface area contributed by atoms with Gasteiger partial charge in [0, 0.05) is 6.07 Å². The topological polar surface area (TPSA) is 56.8 Å². The van der Waals surface area contributed by atoms with E-state index in [1.165, 1.54) is 0 Å². The maximum atomic E-state index is 10.9. The molecule has 1 aromatic rings. The van der Waals surface area contributed by atoms with Gasteiger partial charge in [0.25, 0.3) is 0 Å². The highest BCUT2D eigenvalue weighted by atomic mass is 79.9. The van der Waals surface area contributed by atoms with Gasteiger partial charge in [-0.25, -0.2) is 0 Å². The molecule has 92 valence electrons. The molecule has 0 spiro atoms. The molecule has 0 aliphatic carbocycles. The molecule has 2 rings (SSSR count). The molecule has 0 fully saturated rings. The molecule has 6 heteroatoms. The van der Waals surface area contributed by atoms with Gasteiger partial charge in [-0.2, -0.15) is 0 Å². The maximum absolute atomic E-state index is 10.9. The number of benzene rings is 1. The summed E-state index contributed by atoms with van der Waals surface area (Å²) in [6.07, 6.45) is 0. The highest BCUT2D eigenvalue weighted by Gasteiger charge is 2.13. The fraction of sp³-hybridized carbons (Fsp3) is 0.364. The number of ether oxygens (including phenoxy) is 3. The van der Waals surface area contributed by atoms with Gasteiger partial charge in [-0.3, -0.25) is 4.79 Å². The van der Waals surface area contributed by atoms with Crippen LogP contribution in [0.15, 0.2) is 18.2 Å². The highest BCUT2D eigenvalue weighted by Crippen LogP contribution is 2.34. The van der Waals surface area contributed by atoms with Crippen LogP contribution in [-0.2, 0) is 4.79 Å². The second-order valence-corrected chi connectivity index (χ2v) is 3.91. The lowest BCUT2D eigenvalue weighted by Crippen LogP contribution is -2.28. The van der Waals surface area contributed by atoms with Crippen LogP contribution in [0.5, 0.6) is 17.2 Å². The molecular weight excluding hydrogens is 290 g/mol. The van der Waals surface area contributed by atoms with E-state index in [-0.39, 0.29) is 12.7 Å². The van der Waals surface area contributed by atoms with Crippen LogP contribution in [0.4, 0.5) is 0 Å². The number of amides is 1. The molecule has 17 heavy (non-hydrogen) atoms. The first-order chi connectivity index (χ1) is 8.29. The monoisotopic (exact) mass is 301 g/mol. The van der Waals surface area contributed by atoms with Crippen molar-refractivity contribution in [2.24, 2.45) is 0 Å². The predicted octanol–water partition coefficient (Wildman–Crippen LogP) is 1.31. The first kappa shape index (κ1) is 12.0. The molecule has 0 bridgehead atoms. The zero-order valence-electron chi connectivity index (χ0n) is 9.07. The van der Waals surface area contributed by atoms with Crippen LogP contribution in [0.1, 0.15) is 0 Å². The molecule has 0 saturated carbocycles. The van der Waals surface area contributed by atoms with E-state index in [2.05, 4.69) is 21.2 Å². The Labute approximate surface area is 107 Å². The molecular formula is C11H12BrNO4. The van der Waals surface area contributed by atoms with Crippen molar-refractivity contribution in [3.05, 3.63) is 18.2 Å². The van der Waals surface area contributed by atoms with Gasteiger partial charge in [-0.15, -0.1) is 0 Å². The number of fused-ring (bicyclic) bond motifs is 1. The average molecular weight is 302 g/mol. The Balaban J connectivity index is 1.78. The molecule has 0 atom stereocenters. The molecule has 1 heterocycles. The van der Waals surface area contributed by atoms with E-state index in [1.54, 1.807) is 18.2 Å². The van der Waals surface area contributed by atoms with E-state index >= 15 is 0 Å². The quantitative estimate of drug-likeness (QED) is 0.658. The summed E-state index contributed by atoms with van der Waals surface area (Å²) in [4.78, 5) is 10.9. The summed E-state index contributed by atoms with van der Waals surface area (Å²) in [6, 6.07) is 5.38. The molecule has 0 radical (unpaired) electrons. The smallest absolute Gasteiger partial charge is 0.231 e. The van der Waals surface area contributed by atoms with Crippen LogP contribution in [0.2, 0.25) is 0 Å². The maximum Gasteiger partial charge on any atom is 0.231 e. The van der Waals surface area contributed by atoms with Crippen molar-refractivity contribution in [2.75, 3.05) is 25.3 Å². The van der Waals surface area contributed by atoms with Gasteiger partial charge in [0.15, 0.2) is 11.5 Å². The predicted molar refractivity (Wildman–Crippen MR) is 64.9 cm³/mol. The van der Waals surface area contributed by atoms with E-state index in [0.29, 0.717) is 30.0 Å². The third-order valence-corrected chi connectivity index (χ3v) is 2.67. The first-order valence-electron chi connectivity index (χ1n) is 5.14. The lowest BCUT2D eigenvalue weighted by molar-refractivity contribution is -0.118. The Kier molecular flexibility index (Phi) is 4.08. The van der Waals surface area contributed by atoms with Crippen LogP contribution >= 0.6 is 15.9 Å². The number of carbonyl (C=O) groups excluding carboxylic acids is 1. The van der Waals surface area contributed by atoms with Crippen LogP contribution in [0.3, 0.4) is 0 Å². The van der Waals surface area contributed by atoms with E-state index in [0.717, 1.165) is 5.75 Å². The lowest BCUT2D eigenvalue weighted by Gasteiger charge is -2.07. The SMILES string of the molecule is O=C(CBr)NCCOc1ccc2c(c1)OCO2. The fourth-order valence-electron chi connectivity index (χ4n) is 1.37. The fourth-order valence-corrected chi connectivity index (χ4v) is 1.57. The Morgan fingerprint density at radius 3 is 3.06 bits per heavy atom. The van der Waals surface area contributed by atoms with Crippen molar-refractivity contribution in [2.45, 2.75) is 0 Å². The molecule has 1 N–H and O–H groups in total. The van der Waals surface area contributed by atoms with E-state index in [9.17, 15) is 4.79 Å². The number of alkyl halides is 1. The second kappa shape index (κ2) is 5.77. The summed E-state index contributed by atoms with van der Waals surface area (Å²) in [7, 11) is 0. The van der Waals surface area contributed by atoms with Gasteiger partial charge < -0.3 is 19.5 Å².